The van der Waals surface area contributed by atoms with E-state index in [1.54, 1.807) is 0 Å². The molecular weight excluding hydrogens is 1040 g/mol. The van der Waals surface area contributed by atoms with Gasteiger partial charge in [-0.2, -0.15) is 0 Å². The zero-order valence-electron chi connectivity index (χ0n) is 48.8. The first-order valence-electron chi connectivity index (χ1n) is 30.7. The van der Waals surface area contributed by atoms with E-state index in [0.29, 0.717) is 0 Å². The number of fused-ring (bicyclic) bond motifs is 16. The van der Waals surface area contributed by atoms with E-state index in [-0.39, 0.29) is 10.8 Å². The van der Waals surface area contributed by atoms with Crippen molar-refractivity contribution < 1.29 is 8.83 Å². The maximum Gasteiger partial charge on any atom is 0.145 e. The third kappa shape index (κ3) is 7.16. The minimum Gasteiger partial charge on any atom is -0.456 e. The van der Waals surface area contributed by atoms with Gasteiger partial charge in [0.25, 0.3) is 0 Å². The van der Waals surface area contributed by atoms with Crippen LogP contribution in [-0.4, -0.2) is 0 Å². The molecule has 86 heavy (non-hydrogen) atoms. The summed E-state index contributed by atoms with van der Waals surface area (Å²) in [6, 6.07) is 94.6. The number of furan rings is 2. The molecule has 0 aliphatic heterocycles. The minimum absolute atomic E-state index is 0.0786. The normalized spacial score (nSPS) is 16.0. The average Bonchev–Trinajstić information content (AvgIpc) is 1.89. The van der Waals surface area contributed by atoms with Gasteiger partial charge in [0.15, 0.2) is 0 Å². The summed E-state index contributed by atoms with van der Waals surface area (Å²) < 4.78 is 13.8. The first-order chi connectivity index (χ1) is 42.4. The lowest BCUT2D eigenvalue weighted by molar-refractivity contribution is 0.461. The number of nitrogens with zero attached hydrogens (tertiary/aromatic N) is 2. The van der Waals surface area contributed by atoms with Gasteiger partial charge in [0, 0.05) is 49.7 Å². The van der Waals surface area contributed by atoms with Crippen molar-refractivity contribution in [1.82, 2.24) is 0 Å². The summed E-state index contributed by atoms with van der Waals surface area (Å²) in [7, 11) is 0. The summed E-state index contributed by atoms with van der Waals surface area (Å²) in [5, 5.41) is 11.5. The summed E-state index contributed by atoms with van der Waals surface area (Å²) in [6.45, 7) is 9.44. The highest BCUT2D eigenvalue weighted by atomic mass is 16.3. The van der Waals surface area contributed by atoms with E-state index >= 15 is 0 Å². The lowest BCUT2D eigenvalue weighted by Crippen LogP contribution is -2.24. The maximum absolute atomic E-state index is 7.18. The second-order valence-corrected chi connectivity index (χ2v) is 24.2. The van der Waals surface area contributed by atoms with Crippen LogP contribution in [0, 0.1) is 0 Å². The molecule has 2 heterocycles. The third-order valence-corrected chi connectivity index (χ3v) is 19.9. The van der Waals surface area contributed by atoms with Crippen LogP contribution in [0.25, 0.3) is 110 Å². The van der Waals surface area contributed by atoms with Crippen LogP contribution >= 0.6 is 0 Å². The summed E-state index contributed by atoms with van der Waals surface area (Å²) >= 11 is 0. The highest BCUT2D eigenvalue weighted by Crippen LogP contribution is 2.60. The molecule has 0 saturated heterocycles. The highest BCUT2D eigenvalue weighted by molar-refractivity contribution is 6.20. The Hall–Kier alpha value is -10.2. The molecule has 2 aromatic heterocycles. The number of hydrogen-bond donors (Lipinski definition) is 0. The first kappa shape index (κ1) is 50.4. The molecule has 412 valence electrons. The van der Waals surface area contributed by atoms with Crippen LogP contribution in [-0.2, 0) is 10.8 Å². The number of hydrogen-bond acceptors (Lipinski definition) is 4. The number of benzene rings is 13. The zero-order valence-corrected chi connectivity index (χ0v) is 48.8. The van der Waals surface area contributed by atoms with Gasteiger partial charge in [-0.15, -0.1) is 0 Å². The number of para-hydroxylation sites is 2. The van der Waals surface area contributed by atoms with Crippen molar-refractivity contribution in [3.63, 3.8) is 0 Å². The van der Waals surface area contributed by atoms with Crippen LogP contribution in [0.15, 0.2) is 264 Å². The standard InChI is InChI=1S/C82H62N2O2/c1-5-47-82(7-3)66-28-15-11-24-61(66)77-68(82)30-19-32-70(77)84(71-33-20-36-75-78(71)62-25-12-16-34-73(62)85-75)57-43-40-52-37-38-54-48-55(41-44-58(54)64(52)50-57)59-45-46-72(79-63-26-13-17-35-74(63)86-80(59)79)83(56-42-39-51-21-8-9-22-53(51)49-56)69-31-18-29-67-76(69)60-23-10-14-27-65(60)81(67,4)6-2/h8-46,48-50H,5-7,47H2,1-4H3. The summed E-state index contributed by atoms with van der Waals surface area (Å²) in [4.78, 5) is 5.03. The second-order valence-electron chi connectivity index (χ2n) is 24.2. The molecule has 0 spiro atoms. The van der Waals surface area contributed by atoms with Crippen LogP contribution < -0.4 is 9.80 Å². The Morgan fingerprint density at radius 3 is 1.69 bits per heavy atom. The van der Waals surface area contributed by atoms with E-state index in [0.717, 1.165) is 115 Å². The molecule has 2 aliphatic rings. The highest BCUT2D eigenvalue weighted by Gasteiger charge is 2.44. The topological polar surface area (TPSA) is 32.8 Å². The Bertz CT molecular complexity index is 5290. The Kier molecular flexibility index (Phi) is 11.2. The van der Waals surface area contributed by atoms with Gasteiger partial charge in [-0.1, -0.05) is 210 Å². The number of rotatable bonds is 11. The molecule has 0 radical (unpaired) electrons. The summed E-state index contributed by atoms with van der Waals surface area (Å²) in [5.74, 6) is 0. The predicted molar refractivity (Wildman–Crippen MR) is 362 cm³/mol. The van der Waals surface area contributed by atoms with Gasteiger partial charge in [-0.05, 0) is 169 Å². The van der Waals surface area contributed by atoms with Crippen molar-refractivity contribution in [3.05, 3.63) is 277 Å². The predicted octanol–water partition coefficient (Wildman–Crippen LogP) is 23.7. The van der Waals surface area contributed by atoms with Gasteiger partial charge in [0.1, 0.15) is 22.3 Å². The maximum atomic E-state index is 7.18. The lowest BCUT2D eigenvalue weighted by Gasteiger charge is -2.32. The van der Waals surface area contributed by atoms with Gasteiger partial charge in [-0.3, -0.25) is 0 Å². The molecular formula is C82H62N2O2. The Morgan fingerprint density at radius 2 is 0.919 bits per heavy atom. The minimum atomic E-state index is -0.129. The molecule has 2 atom stereocenters. The van der Waals surface area contributed by atoms with Crippen molar-refractivity contribution >= 4 is 110 Å². The van der Waals surface area contributed by atoms with Crippen molar-refractivity contribution in [2.75, 3.05) is 9.80 Å². The van der Waals surface area contributed by atoms with Gasteiger partial charge < -0.3 is 18.6 Å². The Balaban J connectivity index is 0.859. The van der Waals surface area contributed by atoms with Crippen molar-refractivity contribution in [2.24, 2.45) is 0 Å². The van der Waals surface area contributed by atoms with Crippen LogP contribution in [0.1, 0.15) is 75.6 Å². The fourth-order valence-corrected chi connectivity index (χ4v) is 15.8. The molecule has 0 amide bonds. The zero-order chi connectivity index (χ0) is 57.4. The quantitative estimate of drug-likeness (QED) is 0.121. The summed E-state index contributed by atoms with van der Waals surface area (Å²) in [5.41, 5.74) is 22.9. The van der Waals surface area contributed by atoms with Gasteiger partial charge in [-0.25, -0.2) is 0 Å². The first-order valence-corrected chi connectivity index (χ1v) is 30.7. The van der Waals surface area contributed by atoms with Gasteiger partial charge in [0.05, 0.1) is 33.5 Å². The molecule has 4 heteroatoms. The van der Waals surface area contributed by atoms with E-state index in [4.69, 9.17) is 8.83 Å². The van der Waals surface area contributed by atoms with Crippen molar-refractivity contribution in [1.29, 1.82) is 0 Å². The SMILES string of the molecule is CCCC1(CC)c2ccccc2-c2c(N(c3ccc4ccc5cc(-c6ccc(N(c7ccc8ccccc8c7)c7cccc8c7-c7ccccc7C8(C)CC)c7c6oc6ccccc67)ccc5c4c3)c3cccc4oc5ccccc5c34)cccc21. The van der Waals surface area contributed by atoms with E-state index in [1.165, 1.54) is 77.1 Å². The largest absolute Gasteiger partial charge is 0.456 e. The molecule has 13 aromatic carbocycles. The van der Waals surface area contributed by atoms with E-state index < -0.39 is 0 Å². The van der Waals surface area contributed by atoms with Crippen molar-refractivity contribution in [3.8, 4) is 33.4 Å². The molecule has 2 aliphatic carbocycles. The van der Waals surface area contributed by atoms with E-state index in [2.05, 4.69) is 292 Å². The summed E-state index contributed by atoms with van der Waals surface area (Å²) in [6.07, 6.45) is 4.20. The van der Waals surface area contributed by atoms with Crippen molar-refractivity contribution in [2.45, 2.75) is 64.2 Å². The van der Waals surface area contributed by atoms with Gasteiger partial charge >= 0.3 is 0 Å². The van der Waals surface area contributed by atoms with Gasteiger partial charge in [0.2, 0.25) is 0 Å². The molecule has 0 fully saturated rings. The number of anilines is 6. The fourth-order valence-electron chi connectivity index (χ4n) is 15.8. The Morgan fingerprint density at radius 1 is 0.349 bits per heavy atom. The van der Waals surface area contributed by atoms with Crippen LogP contribution in [0.4, 0.5) is 34.1 Å². The molecule has 0 bridgehead atoms. The van der Waals surface area contributed by atoms with Crippen LogP contribution in [0.3, 0.4) is 0 Å². The van der Waals surface area contributed by atoms with Crippen LogP contribution in [0.2, 0.25) is 0 Å². The van der Waals surface area contributed by atoms with Crippen LogP contribution in [0.5, 0.6) is 0 Å². The monoisotopic (exact) mass is 1110 g/mol. The third-order valence-electron chi connectivity index (χ3n) is 19.9. The molecule has 2 unspecified atom stereocenters. The molecule has 17 rings (SSSR count). The Labute approximate surface area is 500 Å². The molecule has 15 aromatic rings. The van der Waals surface area contributed by atoms with E-state index in [9.17, 15) is 0 Å². The molecule has 0 saturated carbocycles. The second kappa shape index (κ2) is 19.2. The average molecular weight is 1110 g/mol. The molecule has 4 nitrogen and oxygen atoms in total. The lowest BCUT2D eigenvalue weighted by atomic mass is 9.72. The molecule has 0 N–H and O–H groups in total. The smallest absolute Gasteiger partial charge is 0.145 e. The fraction of sp³-hybridized carbons (Fsp3) is 0.122. The van der Waals surface area contributed by atoms with E-state index in [1.807, 2.05) is 0 Å².